The SMILES string of the molecule is Cc1c(Oc2ccnc(-c3ccn(C4CCCCC4)c3)c2)cccc1C(=O)NCc1cc(F)cc(F)c1. The largest absolute Gasteiger partial charge is 0.457 e. The first kappa shape index (κ1) is 24.7. The number of ether oxygens (including phenoxy) is 1. The summed E-state index contributed by atoms with van der Waals surface area (Å²) in [6, 6.07) is 14.7. The molecule has 2 aromatic heterocycles. The van der Waals surface area contributed by atoms with Gasteiger partial charge in [0, 0.05) is 60.0 Å². The van der Waals surface area contributed by atoms with Gasteiger partial charge in [0.15, 0.2) is 0 Å². The third kappa shape index (κ3) is 5.88. The second kappa shape index (κ2) is 10.9. The molecule has 37 heavy (non-hydrogen) atoms. The van der Waals surface area contributed by atoms with Crippen LogP contribution in [0.4, 0.5) is 8.78 Å². The maximum atomic E-state index is 13.4. The Kier molecular flexibility index (Phi) is 7.30. The summed E-state index contributed by atoms with van der Waals surface area (Å²) in [5, 5.41) is 2.72. The van der Waals surface area contributed by atoms with Gasteiger partial charge >= 0.3 is 0 Å². The topological polar surface area (TPSA) is 56.2 Å². The predicted molar refractivity (Wildman–Crippen MR) is 139 cm³/mol. The zero-order chi connectivity index (χ0) is 25.8. The minimum absolute atomic E-state index is 0.00621. The Morgan fingerprint density at radius 1 is 1.05 bits per heavy atom. The molecule has 7 heteroatoms. The zero-order valence-electron chi connectivity index (χ0n) is 20.7. The quantitative estimate of drug-likeness (QED) is 0.288. The van der Waals surface area contributed by atoms with Gasteiger partial charge in [-0.2, -0.15) is 0 Å². The third-order valence-corrected chi connectivity index (χ3v) is 6.87. The number of aromatic nitrogens is 2. The molecule has 1 N–H and O–H groups in total. The number of hydrogen-bond acceptors (Lipinski definition) is 3. The van der Waals surface area contributed by atoms with Gasteiger partial charge in [-0.05, 0) is 61.7 Å². The van der Waals surface area contributed by atoms with Gasteiger partial charge in [0.1, 0.15) is 23.1 Å². The maximum Gasteiger partial charge on any atom is 0.251 e. The molecule has 0 spiro atoms. The molecule has 0 atom stereocenters. The van der Waals surface area contributed by atoms with Crippen LogP contribution in [0.1, 0.15) is 59.6 Å². The summed E-state index contributed by atoms with van der Waals surface area (Å²) >= 11 is 0. The van der Waals surface area contributed by atoms with Crippen molar-refractivity contribution in [2.45, 2.75) is 51.6 Å². The van der Waals surface area contributed by atoms with Crippen LogP contribution in [0.3, 0.4) is 0 Å². The average molecular weight is 502 g/mol. The van der Waals surface area contributed by atoms with E-state index >= 15 is 0 Å². The number of carbonyl (C=O) groups is 1. The molecule has 0 bridgehead atoms. The highest BCUT2D eigenvalue weighted by molar-refractivity contribution is 5.96. The number of pyridine rings is 1. The molecule has 1 aliphatic carbocycles. The van der Waals surface area contributed by atoms with Crippen LogP contribution in [-0.4, -0.2) is 15.5 Å². The van der Waals surface area contributed by atoms with E-state index in [-0.39, 0.29) is 12.5 Å². The van der Waals surface area contributed by atoms with Crippen molar-refractivity contribution in [1.29, 1.82) is 0 Å². The smallest absolute Gasteiger partial charge is 0.251 e. The fraction of sp³-hybridized carbons (Fsp3) is 0.267. The van der Waals surface area contributed by atoms with E-state index in [9.17, 15) is 13.6 Å². The van der Waals surface area contributed by atoms with Crippen molar-refractivity contribution < 1.29 is 18.3 Å². The summed E-state index contributed by atoms with van der Waals surface area (Å²) < 4.78 is 35.3. The first-order chi connectivity index (χ1) is 18.0. The van der Waals surface area contributed by atoms with Crippen molar-refractivity contribution in [2.24, 2.45) is 0 Å². The van der Waals surface area contributed by atoms with Gasteiger partial charge in [-0.3, -0.25) is 9.78 Å². The number of nitrogens with one attached hydrogen (secondary N) is 1. The van der Waals surface area contributed by atoms with Gasteiger partial charge in [0.05, 0.1) is 5.69 Å². The van der Waals surface area contributed by atoms with Crippen LogP contribution in [0.5, 0.6) is 11.5 Å². The van der Waals surface area contributed by atoms with Crippen LogP contribution in [0.25, 0.3) is 11.3 Å². The summed E-state index contributed by atoms with van der Waals surface area (Å²) in [6.07, 6.45) is 12.3. The lowest BCUT2D eigenvalue weighted by atomic mass is 9.95. The summed E-state index contributed by atoms with van der Waals surface area (Å²) in [5.74, 6) is -0.559. The second-order valence-electron chi connectivity index (χ2n) is 9.51. The van der Waals surface area contributed by atoms with Crippen LogP contribution < -0.4 is 10.1 Å². The van der Waals surface area contributed by atoms with Crippen LogP contribution in [-0.2, 0) is 6.54 Å². The molecule has 0 unspecified atom stereocenters. The molecular formula is C30H29F2N3O2. The lowest BCUT2D eigenvalue weighted by Crippen LogP contribution is -2.23. The van der Waals surface area contributed by atoms with Gasteiger partial charge in [0.25, 0.3) is 5.91 Å². The van der Waals surface area contributed by atoms with Crippen molar-refractivity contribution in [3.63, 3.8) is 0 Å². The third-order valence-electron chi connectivity index (χ3n) is 6.87. The lowest BCUT2D eigenvalue weighted by molar-refractivity contribution is 0.0950. The van der Waals surface area contributed by atoms with Crippen LogP contribution >= 0.6 is 0 Å². The van der Waals surface area contributed by atoms with Crippen LogP contribution in [0.2, 0.25) is 0 Å². The Labute approximate surface area is 215 Å². The summed E-state index contributed by atoms with van der Waals surface area (Å²) in [6.45, 7) is 1.81. The van der Waals surface area contributed by atoms with E-state index in [0.29, 0.717) is 34.2 Å². The predicted octanol–water partition coefficient (Wildman–Crippen LogP) is 7.36. The van der Waals surface area contributed by atoms with Gasteiger partial charge in [-0.25, -0.2) is 8.78 Å². The van der Waals surface area contributed by atoms with E-state index in [0.717, 1.165) is 17.3 Å². The average Bonchev–Trinajstić information content (AvgIpc) is 3.39. The van der Waals surface area contributed by atoms with Crippen molar-refractivity contribution in [3.05, 3.63) is 102 Å². The number of hydrogen-bond donors (Lipinski definition) is 1. The fourth-order valence-corrected chi connectivity index (χ4v) is 4.89. The molecule has 1 aliphatic rings. The van der Waals surface area contributed by atoms with Gasteiger partial charge in [-0.1, -0.05) is 25.3 Å². The molecule has 2 aromatic carbocycles. The summed E-state index contributed by atoms with van der Waals surface area (Å²) in [7, 11) is 0. The second-order valence-corrected chi connectivity index (χ2v) is 9.51. The van der Waals surface area contributed by atoms with Gasteiger partial charge < -0.3 is 14.6 Å². The van der Waals surface area contributed by atoms with E-state index in [1.54, 1.807) is 37.4 Å². The number of halogens is 2. The molecule has 5 nitrogen and oxygen atoms in total. The Bertz CT molecular complexity index is 1390. The Morgan fingerprint density at radius 3 is 2.62 bits per heavy atom. The van der Waals surface area contributed by atoms with E-state index in [1.165, 1.54) is 44.2 Å². The van der Waals surface area contributed by atoms with E-state index < -0.39 is 11.6 Å². The van der Waals surface area contributed by atoms with E-state index in [4.69, 9.17) is 4.74 Å². The van der Waals surface area contributed by atoms with Gasteiger partial charge in [0.2, 0.25) is 0 Å². The van der Waals surface area contributed by atoms with Crippen LogP contribution in [0, 0.1) is 18.6 Å². The molecule has 4 aromatic rings. The molecule has 5 rings (SSSR count). The standard InChI is InChI=1S/C30H29F2N3O2/c1-20-27(30(36)34-18-21-14-23(31)16-24(32)15-21)8-5-9-29(20)37-26-10-12-33-28(17-26)22-11-13-35(19-22)25-6-3-2-4-7-25/h5,8-17,19,25H,2-4,6-7,18H2,1H3,(H,34,36). The molecule has 1 fully saturated rings. The molecule has 2 heterocycles. The van der Waals surface area contributed by atoms with Crippen LogP contribution in [0.15, 0.2) is 73.2 Å². The Hall–Kier alpha value is -4.00. The molecule has 1 amide bonds. The van der Waals surface area contributed by atoms with E-state index in [2.05, 4.69) is 33.3 Å². The Morgan fingerprint density at radius 2 is 1.84 bits per heavy atom. The number of benzene rings is 2. The monoisotopic (exact) mass is 501 g/mol. The minimum atomic E-state index is -0.682. The Balaban J connectivity index is 1.29. The van der Waals surface area contributed by atoms with Crippen molar-refractivity contribution in [2.75, 3.05) is 0 Å². The molecule has 0 radical (unpaired) electrons. The lowest BCUT2D eigenvalue weighted by Gasteiger charge is -2.23. The first-order valence-electron chi connectivity index (χ1n) is 12.6. The fourth-order valence-electron chi connectivity index (χ4n) is 4.89. The van der Waals surface area contributed by atoms with Crippen molar-refractivity contribution in [3.8, 4) is 22.8 Å². The molecule has 190 valence electrons. The molecule has 0 aliphatic heterocycles. The maximum absolute atomic E-state index is 13.4. The molecule has 0 saturated heterocycles. The highest BCUT2D eigenvalue weighted by Gasteiger charge is 2.17. The van der Waals surface area contributed by atoms with Gasteiger partial charge in [-0.15, -0.1) is 0 Å². The highest BCUT2D eigenvalue weighted by atomic mass is 19.1. The van der Waals surface area contributed by atoms with Crippen molar-refractivity contribution in [1.82, 2.24) is 14.9 Å². The normalized spacial score (nSPS) is 13.9. The van der Waals surface area contributed by atoms with Crippen molar-refractivity contribution >= 4 is 5.91 Å². The summed E-state index contributed by atoms with van der Waals surface area (Å²) in [5.41, 5.74) is 3.29. The first-order valence-corrected chi connectivity index (χ1v) is 12.6. The van der Waals surface area contributed by atoms with E-state index in [1.807, 2.05) is 6.07 Å². The molecular weight excluding hydrogens is 472 g/mol. The highest BCUT2D eigenvalue weighted by Crippen LogP contribution is 2.32. The number of carbonyl (C=O) groups excluding carboxylic acids is 1. The number of amides is 1. The number of rotatable bonds is 7. The molecule has 1 saturated carbocycles. The number of nitrogens with zero attached hydrogens (tertiary/aromatic N) is 2. The zero-order valence-corrected chi connectivity index (χ0v) is 20.7. The minimum Gasteiger partial charge on any atom is -0.457 e. The summed E-state index contributed by atoms with van der Waals surface area (Å²) in [4.78, 5) is 17.4.